The summed E-state index contributed by atoms with van der Waals surface area (Å²) in [5.41, 5.74) is 1.46. The monoisotopic (exact) mass is 322 g/mol. The first-order valence-corrected chi connectivity index (χ1v) is 7.86. The summed E-state index contributed by atoms with van der Waals surface area (Å²) in [5, 5.41) is 3.68. The van der Waals surface area contributed by atoms with E-state index in [1.54, 1.807) is 12.1 Å². The third-order valence-corrected chi connectivity index (χ3v) is 4.13. The standard InChI is InChI=1S/C15H15FN2O3S/c1-11-3-6-13(7-4-11)22(19,20)18-17-10-12-5-8-14(16)15(9-12)21-2/h3-10,18H,1-2H3. The van der Waals surface area contributed by atoms with Crippen molar-refractivity contribution in [3.8, 4) is 5.75 Å². The minimum absolute atomic E-state index is 0.0605. The number of hydrogen-bond donors (Lipinski definition) is 1. The molecule has 0 atom stereocenters. The average molecular weight is 322 g/mol. The second kappa shape index (κ2) is 6.57. The van der Waals surface area contributed by atoms with Crippen molar-refractivity contribution in [2.24, 2.45) is 5.10 Å². The molecule has 0 radical (unpaired) electrons. The van der Waals surface area contributed by atoms with Gasteiger partial charge in [-0.05, 0) is 36.8 Å². The number of sulfonamides is 1. The molecule has 22 heavy (non-hydrogen) atoms. The second-order valence-corrected chi connectivity index (χ2v) is 6.22. The van der Waals surface area contributed by atoms with Gasteiger partial charge in [0.15, 0.2) is 11.6 Å². The van der Waals surface area contributed by atoms with E-state index in [0.29, 0.717) is 5.56 Å². The highest BCUT2D eigenvalue weighted by atomic mass is 32.2. The molecule has 0 aliphatic heterocycles. The van der Waals surface area contributed by atoms with Crippen molar-refractivity contribution in [1.82, 2.24) is 4.83 Å². The minimum Gasteiger partial charge on any atom is -0.494 e. The number of ether oxygens (including phenoxy) is 1. The van der Waals surface area contributed by atoms with Gasteiger partial charge in [0.25, 0.3) is 10.0 Å². The molecule has 0 aliphatic carbocycles. The number of nitrogens with zero attached hydrogens (tertiary/aromatic N) is 1. The first-order valence-electron chi connectivity index (χ1n) is 6.37. The Morgan fingerprint density at radius 2 is 1.86 bits per heavy atom. The van der Waals surface area contributed by atoms with E-state index >= 15 is 0 Å². The van der Waals surface area contributed by atoms with Crippen LogP contribution in [0, 0.1) is 12.7 Å². The van der Waals surface area contributed by atoms with Crippen molar-refractivity contribution < 1.29 is 17.5 Å². The summed E-state index contributed by atoms with van der Waals surface area (Å²) >= 11 is 0. The van der Waals surface area contributed by atoms with E-state index in [9.17, 15) is 12.8 Å². The maximum atomic E-state index is 13.3. The van der Waals surface area contributed by atoms with Crippen molar-refractivity contribution in [3.05, 3.63) is 59.4 Å². The molecule has 2 rings (SSSR count). The molecular weight excluding hydrogens is 307 g/mol. The molecule has 0 unspecified atom stereocenters. The topological polar surface area (TPSA) is 67.8 Å². The highest BCUT2D eigenvalue weighted by molar-refractivity contribution is 7.89. The number of nitrogens with one attached hydrogen (secondary N) is 1. The largest absolute Gasteiger partial charge is 0.494 e. The van der Waals surface area contributed by atoms with Crippen LogP contribution in [0.3, 0.4) is 0 Å². The van der Waals surface area contributed by atoms with Gasteiger partial charge < -0.3 is 4.74 Å². The van der Waals surface area contributed by atoms with E-state index < -0.39 is 15.8 Å². The molecule has 0 saturated carbocycles. The summed E-state index contributed by atoms with van der Waals surface area (Å²) in [6.07, 6.45) is 1.27. The predicted octanol–water partition coefficient (Wildman–Crippen LogP) is 2.46. The summed E-state index contributed by atoms with van der Waals surface area (Å²) in [6.45, 7) is 1.86. The van der Waals surface area contributed by atoms with Crippen molar-refractivity contribution in [2.75, 3.05) is 7.11 Å². The van der Waals surface area contributed by atoms with Gasteiger partial charge in [0.1, 0.15) is 0 Å². The summed E-state index contributed by atoms with van der Waals surface area (Å²) in [7, 11) is -2.38. The number of rotatable bonds is 5. The molecule has 0 aliphatic rings. The zero-order valence-electron chi connectivity index (χ0n) is 12.1. The fourth-order valence-corrected chi connectivity index (χ4v) is 2.49. The lowest BCUT2D eigenvalue weighted by Crippen LogP contribution is -2.18. The molecule has 0 aromatic heterocycles. The molecule has 2 aromatic carbocycles. The number of hydrogen-bond acceptors (Lipinski definition) is 4. The van der Waals surface area contributed by atoms with Crippen LogP contribution in [0.4, 0.5) is 4.39 Å². The van der Waals surface area contributed by atoms with Gasteiger partial charge in [0.2, 0.25) is 0 Å². The maximum absolute atomic E-state index is 13.3. The number of hydrazone groups is 1. The lowest BCUT2D eigenvalue weighted by molar-refractivity contribution is 0.386. The Morgan fingerprint density at radius 1 is 1.18 bits per heavy atom. The molecule has 0 spiro atoms. The van der Waals surface area contributed by atoms with Crippen LogP contribution in [0.15, 0.2) is 52.5 Å². The second-order valence-electron chi connectivity index (χ2n) is 4.56. The van der Waals surface area contributed by atoms with Crippen LogP contribution in [0.25, 0.3) is 0 Å². The molecule has 0 heterocycles. The molecule has 5 nitrogen and oxygen atoms in total. The zero-order valence-corrected chi connectivity index (χ0v) is 12.9. The SMILES string of the molecule is COc1cc(C=NNS(=O)(=O)c2ccc(C)cc2)ccc1F. The Bertz CT molecular complexity index is 787. The van der Waals surface area contributed by atoms with Crippen molar-refractivity contribution in [2.45, 2.75) is 11.8 Å². The Labute approximate surface area is 128 Å². The third kappa shape index (κ3) is 3.82. The van der Waals surface area contributed by atoms with Crippen LogP contribution < -0.4 is 9.57 Å². The van der Waals surface area contributed by atoms with Gasteiger partial charge >= 0.3 is 0 Å². The number of methoxy groups -OCH3 is 1. The van der Waals surface area contributed by atoms with E-state index in [2.05, 4.69) is 9.93 Å². The van der Waals surface area contributed by atoms with Crippen molar-refractivity contribution in [1.29, 1.82) is 0 Å². The zero-order chi connectivity index (χ0) is 16.2. The number of halogens is 1. The molecule has 116 valence electrons. The minimum atomic E-state index is -3.72. The molecule has 0 amide bonds. The lowest BCUT2D eigenvalue weighted by Gasteiger charge is -2.04. The van der Waals surface area contributed by atoms with Crippen LogP contribution in [0.1, 0.15) is 11.1 Å². The Morgan fingerprint density at radius 3 is 2.50 bits per heavy atom. The predicted molar refractivity (Wildman–Crippen MR) is 82.0 cm³/mol. The fourth-order valence-electron chi connectivity index (χ4n) is 1.70. The normalized spacial score (nSPS) is 11.6. The van der Waals surface area contributed by atoms with Crippen molar-refractivity contribution in [3.63, 3.8) is 0 Å². The maximum Gasteiger partial charge on any atom is 0.276 e. The first-order chi connectivity index (χ1) is 10.4. The van der Waals surface area contributed by atoms with E-state index in [-0.39, 0.29) is 10.6 Å². The molecule has 0 bridgehead atoms. The summed E-state index contributed by atoms with van der Waals surface area (Å²) < 4.78 is 42.1. The Kier molecular flexibility index (Phi) is 4.77. The Hall–Kier alpha value is -2.41. The van der Waals surface area contributed by atoms with Gasteiger partial charge in [-0.1, -0.05) is 23.8 Å². The van der Waals surface area contributed by atoms with Gasteiger partial charge in [-0.15, -0.1) is 0 Å². The third-order valence-electron chi connectivity index (χ3n) is 2.89. The van der Waals surface area contributed by atoms with Crippen LogP contribution in [0.5, 0.6) is 5.75 Å². The van der Waals surface area contributed by atoms with Gasteiger partial charge in [-0.25, -0.2) is 9.22 Å². The Balaban J connectivity index is 2.13. The average Bonchev–Trinajstić information content (AvgIpc) is 2.49. The molecule has 0 fully saturated rings. The van der Waals surface area contributed by atoms with E-state index in [1.165, 1.54) is 43.7 Å². The summed E-state index contributed by atoms with van der Waals surface area (Å²) in [5.74, 6) is -0.440. The van der Waals surface area contributed by atoms with E-state index in [4.69, 9.17) is 4.74 Å². The highest BCUT2D eigenvalue weighted by Gasteiger charge is 2.11. The lowest BCUT2D eigenvalue weighted by atomic mass is 10.2. The first kappa shape index (κ1) is 16.0. The molecule has 1 N–H and O–H groups in total. The van der Waals surface area contributed by atoms with E-state index in [0.717, 1.165) is 5.56 Å². The number of aryl methyl sites for hydroxylation is 1. The fraction of sp³-hybridized carbons (Fsp3) is 0.133. The highest BCUT2D eigenvalue weighted by Crippen LogP contribution is 2.17. The summed E-state index contributed by atoms with van der Waals surface area (Å²) in [4.78, 5) is 2.22. The van der Waals surface area contributed by atoms with Gasteiger partial charge in [-0.3, -0.25) is 0 Å². The molecular formula is C15H15FN2O3S. The smallest absolute Gasteiger partial charge is 0.276 e. The molecule has 7 heteroatoms. The van der Waals surface area contributed by atoms with Crippen molar-refractivity contribution >= 4 is 16.2 Å². The van der Waals surface area contributed by atoms with Crippen LogP contribution in [0.2, 0.25) is 0 Å². The summed E-state index contributed by atoms with van der Waals surface area (Å²) in [6, 6.07) is 10.5. The van der Waals surface area contributed by atoms with Gasteiger partial charge in [-0.2, -0.15) is 13.5 Å². The number of benzene rings is 2. The van der Waals surface area contributed by atoms with E-state index in [1.807, 2.05) is 6.92 Å². The molecule has 0 saturated heterocycles. The van der Waals surface area contributed by atoms with Crippen LogP contribution >= 0.6 is 0 Å². The van der Waals surface area contributed by atoms with Crippen LogP contribution in [-0.4, -0.2) is 21.7 Å². The quantitative estimate of drug-likeness (QED) is 0.679. The van der Waals surface area contributed by atoms with Crippen LogP contribution in [-0.2, 0) is 10.0 Å². The van der Waals surface area contributed by atoms with Gasteiger partial charge in [0, 0.05) is 0 Å². The van der Waals surface area contributed by atoms with Gasteiger partial charge in [0.05, 0.1) is 18.2 Å². The molecule has 2 aromatic rings.